The van der Waals surface area contributed by atoms with Crippen molar-refractivity contribution in [3.05, 3.63) is 29.3 Å². The summed E-state index contributed by atoms with van der Waals surface area (Å²) in [6.45, 7) is 9.17. The molecule has 0 saturated heterocycles. The van der Waals surface area contributed by atoms with Crippen LogP contribution >= 0.6 is 0 Å². The Kier molecular flexibility index (Phi) is 5.56. The standard InChI is InChI=1S/C19H30N2O3/c1-6-24-16-12-19(20,18(16,3)4)17(22)21-10-9-14-8-7-13(2)15(11-14)23-5/h7-8,11,16H,6,9-10,12,20H2,1-5H3,(H,21,22). The Morgan fingerprint density at radius 3 is 2.71 bits per heavy atom. The van der Waals surface area contributed by atoms with E-state index in [2.05, 4.69) is 11.4 Å². The van der Waals surface area contributed by atoms with Gasteiger partial charge in [0.25, 0.3) is 0 Å². The molecule has 0 heterocycles. The van der Waals surface area contributed by atoms with Crippen molar-refractivity contribution in [3.63, 3.8) is 0 Å². The Bertz CT molecular complexity index is 600. The lowest BCUT2D eigenvalue weighted by atomic mass is 9.54. The summed E-state index contributed by atoms with van der Waals surface area (Å²) >= 11 is 0. The normalized spacial score (nSPS) is 25.0. The monoisotopic (exact) mass is 334 g/mol. The van der Waals surface area contributed by atoms with E-state index in [1.54, 1.807) is 7.11 Å². The minimum Gasteiger partial charge on any atom is -0.496 e. The summed E-state index contributed by atoms with van der Waals surface area (Å²) in [7, 11) is 1.67. The molecular formula is C19H30N2O3. The van der Waals surface area contributed by atoms with Gasteiger partial charge in [-0.1, -0.05) is 26.0 Å². The summed E-state index contributed by atoms with van der Waals surface area (Å²) in [6, 6.07) is 6.10. The molecule has 0 aromatic heterocycles. The van der Waals surface area contributed by atoms with Gasteiger partial charge in [0.15, 0.2) is 0 Å². The van der Waals surface area contributed by atoms with Crippen LogP contribution in [0.5, 0.6) is 5.75 Å². The molecule has 1 saturated carbocycles. The number of nitrogens with one attached hydrogen (secondary N) is 1. The number of hydrogen-bond acceptors (Lipinski definition) is 4. The molecule has 0 aliphatic heterocycles. The van der Waals surface area contributed by atoms with Crippen LogP contribution in [0.1, 0.15) is 38.3 Å². The molecule has 1 fully saturated rings. The molecule has 1 amide bonds. The van der Waals surface area contributed by atoms with E-state index in [4.69, 9.17) is 15.2 Å². The van der Waals surface area contributed by atoms with Crippen molar-refractivity contribution >= 4 is 5.91 Å². The molecule has 2 rings (SSSR count). The molecule has 0 bridgehead atoms. The number of nitrogens with two attached hydrogens (primary N) is 1. The summed E-state index contributed by atoms with van der Waals surface area (Å²) in [5.41, 5.74) is 7.38. The van der Waals surface area contributed by atoms with Crippen LogP contribution in [0.15, 0.2) is 18.2 Å². The highest BCUT2D eigenvalue weighted by atomic mass is 16.5. The van der Waals surface area contributed by atoms with E-state index < -0.39 is 5.54 Å². The van der Waals surface area contributed by atoms with Gasteiger partial charge in [0.1, 0.15) is 11.3 Å². The summed E-state index contributed by atoms with van der Waals surface area (Å²) in [4.78, 5) is 12.6. The van der Waals surface area contributed by atoms with Gasteiger partial charge >= 0.3 is 0 Å². The fourth-order valence-corrected chi connectivity index (χ4v) is 3.32. The number of hydrogen-bond donors (Lipinski definition) is 2. The lowest BCUT2D eigenvalue weighted by molar-refractivity contribution is -0.170. The van der Waals surface area contributed by atoms with Crippen LogP contribution in [0.4, 0.5) is 0 Å². The molecule has 0 spiro atoms. The van der Waals surface area contributed by atoms with Gasteiger partial charge in [0.05, 0.1) is 13.2 Å². The zero-order chi connectivity index (χ0) is 18.0. The van der Waals surface area contributed by atoms with Gasteiger partial charge in [-0.05, 0) is 37.5 Å². The maximum atomic E-state index is 12.6. The Morgan fingerprint density at radius 1 is 1.42 bits per heavy atom. The molecule has 1 aromatic rings. The molecule has 1 aliphatic carbocycles. The van der Waals surface area contributed by atoms with E-state index >= 15 is 0 Å². The molecule has 134 valence electrons. The van der Waals surface area contributed by atoms with Crippen molar-refractivity contribution in [1.82, 2.24) is 5.32 Å². The van der Waals surface area contributed by atoms with Crippen LogP contribution in [0.25, 0.3) is 0 Å². The van der Waals surface area contributed by atoms with E-state index in [9.17, 15) is 4.79 Å². The molecule has 24 heavy (non-hydrogen) atoms. The number of benzene rings is 1. The Hall–Kier alpha value is -1.59. The SMILES string of the molecule is CCOC1CC(N)(C(=O)NCCc2ccc(C)c(OC)c2)C1(C)C. The molecule has 2 unspecified atom stereocenters. The molecule has 1 aromatic carbocycles. The van der Waals surface area contributed by atoms with Crippen LogP contribution in [0, 0.1) is 12.3 Å². The highest BCUT2D eigenvalue weighted by molar-refractivity contribution is 5.88. The maximum Gasteiger partial charge on any atom is 0.240 e. The van der Waals surface area contributed by atoms with Crippen molar-refractivity contribution in [3.8, 4) is 5.75 Å². The molecular weight excluding hydrogens is 304 g/mol. The lowest BCUT2D eigenvalue weighted by Crippen LogP contribution is -2.75. The third-order valence-electron chi connectivity index (χ3n) is 5.41. The van der Waals surface area contributed by atoms with Crippen LogP contribution in [0.3, 0.4) is 0 Å². The molecule has 2 atom stereocenters. The third kappa shape index (κ3) is 3.28. The van der Waals surface area contributed by atoms with E-state index in [1.165, 1.54) is 0 Å². The summed E-state index contributed by atoms with van der Waals surface area (Å²) in [6.07, 6.45) is 1.35. The average Bonchev–Trinajstić information content (AvgIpc) is 2.55. The topological polar surface area (TPSA) is 73.6 Å². The second-order valence-electron chi connectivity index (χ2n) is 7.15. The molecule has 5 nitrogen and oxygen atoms in total. The molecule has 3 N–H and O–H groups in total. The van der Waals surface area contributed by atoms with E-state index in [-0.39, 0.29) is 17.4 Å². The van der Waals surface area contributed by atoms with Gasteiger partial charge in [-0.3, -0.25) is 4.79 Å². The van der Waals surface area contributed by atoms with Gasteiger partial charge in [-0.15, -0.1) is 0 Å². The highest BCUT2D eigenvalue weighted by Crippen LogP contribution is 2.49. The third-order valence-corrected chi connectivity index (χ3v) is 5.41. The van der Waals surface area contributed by atoms with Crippen molar-refractivity contribution in [2.24, 2.45) is 11.1 Å². The molecule has 0 radical (unpaired) electrons. The first-order chi connectivity index (χ1) is 11.3. The second-order valence-corrected chi connectivity index (χ2v) is 7.15. The second kappa shape index (κ2) is 7.11. The van der Waals surface area contributed by atoms with Crippen molar-refractivity contribution < 1.29 is 14.3 Å². The number of methoxy groups -OCH3 is 1. The number of carbonyl (C=O) groups excluding carboxylic acids is 1. The van der Waals surface area contributed by atoms with Crippen LogP contribution in [-0.4, -0.2) is 37.8 Å². The van der Waals surface area contributed by atoms with Crippen molar-refractivity contribution in [1.29, 1.82) is 0 Å². The number of ether oxygens (including phenoxy) is 2. The largest absolute Gasteiger partial charge is 0.496 e. The number of aryl methyl sites for hydroxylation is 1. The smallest absolute Gasteiger partial charge is 0.240 e. The van der Waals surface area contributed by atoms with E-state index in [0.717, 1.165) is 23.3 Å². The highest BCUT2D eigenvalue weighted by Gasteiger charge is 2.62. The first kappa shape index (κ1) is 18.7. The predicted octanol–water partition coefficient (Wildman–Crippen LogP) is 2.19. The van der Waals surface area contributed by atoms with Crippen LogP contribution in [0.2, 0.25) is 0 Å². The average molecular weight is 334 g/mol. The summed E-state index contributed by atoms with van der Waals surface area (Å²) in [5.74, 6) is 0.774. The fourth-order valence-electron chi connectivity index (χ4n) is 3.32. The summed E-state index contributed by atoms with van der Waals surface area (Å²) < 4.78 is 11.0. The maximum absolute atomic E-state index is 12.6. The van der Waals surface area contributed by atoms with Gasteiger partial charge < -0.3 is 20.5 Å². The Balaban J connectivity index is 1.90. The molecule has 5 heteroatoms. The Labute approximate surface area is 144 Å². The van der Waals surface area contributed by atoms with E-state index in [0.29, 0.717) is 19.6 Å². The predicted molar refractivity (Wildman–Crippen MR) is 95.2 cm³/mol. The van der Waals surface area contributed by atoms with Gasteiger partial charge in [-0.2, -0.15) is 0 Å². The van der Waals surface area contributed by atoms with Crippen LogP contribution in [-0.2, 0) is 16.0 Å². The Morgan fingerprint density at radius 2 is 2.12 bits per heavy atom. The number of carbonyl (C=O) groups is 1. The van der Waals surface area contributed by atoms with Gasteiger partial charge in [0, 0.05) is 25.0 Å². The van der Waals surface area contributed by atoms with Crippen LogP contribution < -0.4 is 15.8 Å². The zero-order valence-electron chi connectivity index (χ0n) is 15.4. The fraction of sp³-hybridized carbons (Fsp3) is 0.632. The van der Waals surface area contributed by atoms with Crippen molar-refractivity contribution in [2.45, 2.75) is 52.2 Å². The molecule has 1 aliphatic rings. The quantitative estimate of drug-likeness (QED) is 0.802. The van der Waals surface area contributed by atoms with Gasteiger partial charge in [-0.25, -0.2) is 0 Å². The number of amides is 1. The minimum atomic E-state index is -0.863. The van der Waals surface area contributed by atoms with Crippen molar-refractivity contribution in [2.75, 3.05) is 20.3 Å². The van der Waals surface area contributed by atoms with E-state index in [1.807, 2.05) is 39.8 Å². The first-order valence-electron chi connectivity index (χ1n) is 8.58. The zero-order valence-corrected chi connectivity index (χ0v) is 15.4. The minimum absolute atomic E-state index is 0.0413. The summed E-state index contributed by atoms with van der Waals surface area (Å²) in [5, 5.41) is 2.98. The lowest BCUT2D eigenvalue weighted by Gasteiger charge is -2.57. The van der Waals surface area contributed by atoms with Gasteiger partial charge in [0.2, 0.25) is 5.91 Å². The number of rotatable bonds is 7. The first-order valence-corrected chi connectivity index (χ1v) is 8.58.